The first-order chi connectivity index (χ1) is 12.1. The third-order valence-electron chi connectivity index (χ3n) is 6.07. The summed E-state index contributed by atoms with van der Waals surface area (Å²) in [4.78, 5) is 9.40. The van der Waals surface area contributed by atoms with Gasteiger partial charge in [-0.1, -0.05) is 32.1 Å². The van der Waals surface area contributed by atoms with Crippen LogP contribution >= 0.6 is 24.0 Å². The number of hydrogen-bond donors (Lipinski definition) is 2. The third kappa shape index (κ3) is 8.74. The van der Waals surface area contributed by atoms with E-state index in [4.69, 9.17) is 0 Å². The number of aliphatic imine (C=N–C) groups is 1. The Hall–Kier alpha value is -0.0800. The minimum Gasteiger partial charge on any atom is -0.355 e. The van der Waals surface area contributed by atoms with Crippen LogP contribution in [0.25, 0.3) is 0 Å². The minimum absolute atomic E-state index is 0. The Bertz CT molecular complexity index is 390. The molecule has 0 aromatic carbocycles. The van der Waals surface area contributed by atoms with Gasteiger partial charge < -0.3 is 15.5 Å². The van der Waals surface area contributed by atoms with Gasteiger partial charge in [-0.15, -0.1) is 24.0 Å². The average Bonchev–Trinajstić information content (AvgIpc) is 2.64. The molecule has 5 nitrogen and oxygen atoms in total. The largest absolute Gasteiger partial charge is 0.355 e. The van der Waals surface area contributed by atoms with Gasteiger partial charge in [0.15, 0.2) is 5.96 Å². The van der Waals surface area contributed by atoms with Crippen LogP contribution in [0.4, 0.5) is 0 Å². The van der Waals surface area contributed by atoms with Crippen molar-refractivity contribution in [2.24, 2.45) is 10.9 Å². The van der Waals surface area contributed by atoms with E-state index in [2.05, 4.69) is 46.3 Å². The molecule has 6 heteroatoms. The van der Waals surface area contributed by atoms with Gasteiger partial charge in [-0.25, -0.2) is 0 Å². The van der Waals surface area contributed by atoms with E-state index in [-0.39, 0.29) is 24.0 Å². The van der Waals surface area contributed by atoms with Crippen LogP contribution in [0, 0.1) is 5.92 Å². The molecule has 2 atom stereocenters. The number of likely N-dealkylation sites (N-methyl/N-ethyl adjacent to an activating group) is 1. The van der Waals surface area contributed by atoms with Gasteiger partial charge in [-0.05, 0) is 39.7 Å². The predicted molar refractivity (Wildman–Crippen MR) is 124 cm³/mol. The zero-order valence-electron chi connectivity index (χ0n) is 17.5. The molecule has 2 unspecified atom stereocenters. The van der Waals surface area contributed by atoms with Gasteiger partial charge in [-0.3, -0.25) is 9.89 Å². The number of halogens is 1. The molecule has 0 spiro atoms. The molecular formula is C20H42IN5. The van der Waals surface area contributed by atoms with Crippen molar-refractivity contribution in [3.63, 3.8) is 0 Å². The zero-order valence-corrected chi connectivity index (χ0v) is 19.8. The first-order valence-electron chi connectivity index (χ1n) is 10.5. The summed E-state index contributed by atoms with van der Waals surface area (Å²) in [6.07, 6.45) is 9.85. The van der Waals surface area contributed by atoms with E-state index >= 15 is 0 Å². The summed E-state index contributed by atoms with van der Waals surface area (Å²) >= 11 is 0. The molecule has 2 aliphatic rings. The van der Waals surface area contributed by atoms with Gasteiger partial charge in [0.2, 0.25) is 0 Å². The molecule has 0 radical (unpaired) electrons. The number of nitrogens with one attached hydrogen (secondary N) is 2. The maximum absolute atomic E-state index is 4.42. The normalized spacial score (nSPS) is 23.2. The molecule has 1 aliphatic heterocycles. The fourth-order valence-corrected chi connectivity index (χ4v) is 4.10. The van der Waals surface area contributed by atoms with E-state index in [1.165, 1.54) is 71.1 Å². The first kappa shape index (κ1) is 24.0. The van der Waals surface area contributed by atoms with Crippen molar-refractivity contribution >= 4 is 29.9 Å². The van der Waals surface area contributed by atoms with Gasteiger partial charge in [0.05, 0.1) is 0 Å². The van der Waals surface area contributed by atoms with Gasteiger partial charge >= 0.3 is 0 Å². The lowest BCUT2D eigenvalue weighted by atomic mass is 9.85. The quantitative estimate of drug-likeness (QED) is 0.335. The summed E-state index contributed by atoms with van der Waals surface area (Å²) in [7, 11) is 4.09. The van der Waals surface area contributed by atoms with Gasteiger partial charge in [-0.2, -0.15) is 0 Å². The number of guanidine groups is 1. The molecule has 1 heterocycles. The van der Waals surface area contributed by atoms with Gasteiger partial charge in [0.1, 0.15) is 0 Å². The maximum atomic E-state index is 4.42. The second-order valence-corrected chi connectivity index (χ2v) is 8.27. The SMILES string of the molecule is CN=C(NCC(C)N1CCN(C)CC1)NC(C)CCC1CCCCC1.I. The molecule has 1 saturated carbocycles. The summed E-state index contributed by atoms with van der Waals surface area (Å²) in [6, 6.07) is 1.04. The van der Waals surface area contributed by atoms with E-state index < -0.39 is 0 Å². The Morgan fingerprint density at radius 1 is 1.08 bits per heavy atom. The highest BCUT2D eigenvalue weighted by Crippen LogP contribution is 2.27. The van der Waals surface area contributed by atoms with Crippen LogP contribution in [0.2, 0.25) is 0 Å². The maximum Gasteiger partial charge on any atom is 0.191 e. The summed E-state index contributed by atoms with van der Waals surface area (Å²) in [6.45, 7) is 10.3. The monoisotopic (exact) mass is 479 g/mol. The first-order valence-corrected chi connectivity index (χ1v) is 10.5. The van der Waals surface area contributed by atoms with Gasteiger partial charge in [0, 0.05) is 51.9 Å². The van der Waals surface area contributed by atoms with Crippen LogP contribution in [0.5, 0.6) is 0 Å². The van der Waals surface area contributed by atoms with E-state index in [1.807, 2.05) is 7.05 Å². The highest BCUT2D eigenvalue weighted by atomic mass is 127. The van der Waals surface area contributed by atoms with Crippen molar-refractivity contribution in [1.29, 1.82) is 0 Å². The Morgan fingerprint density at radius 2 is 1.73 bits per heavy atom. The summed E-state index contributed by atoms with van der Waals surface area (Å²) in [5.41, 5.74) is 0. The molecular weight excluding hydrogens is 437 g/mol. The molecule has 0 bridgehead atoms. The van der Waals surface area contributed by atoms with Crippen molar-refractivity contribution in [2.45, 2.75) is 70.9 Å². The molecule has 0 amide bonds. The zero-order chi connectivity index (χ0) is 18.1. The summed E-state index contributed by atoms with van der Waals surface area (Å²) in [5, 5.41) is 7.11. The second kappa shape index (κ2) is 13.2. The summed E-state index contributed by atoms with van der Waals surface area (Å²) in [5.74, 6) is 1.92. The Morgan fingerprint density at radius 3 is 2.35 bits per heavy atom. The highest BCUT2D eigenvalue weighted by molar-refractivity contribution is 14.0. The fraction of sp³-hybridized carbons (Fsp3) is 0.950. The standard InChI is InChI=1S/C20H41N5.HI/c1-17(10-11-19-8-6-5-7-9-19)23-20(21-3)22-16-18(2)25-14-12-24(4)13-15-25;/h17-19H,5-16H2,1-4H3,(H2,21,22,23);1H. The van der Waals surface area contributed by atoms with Crippen LogP contribution in [0.3, 0.4) is 0 Å². The van der Waals surface area contributed by atoms with E-state index in [1.54, 1.807) is 0 Å². The summed E-state index contributed by atoms with van der Waals surface area (Å²) < 4.78 is 0. The molecule has 0 aromatic rings. The van der Waals surface area contributed by atoms with Gasteiger partial charge in [0.25, 0.3) is 0 Å². The number of piperazine rings is 1. The third-order valence-corrected chi connectivity index (χ3v) is 6.07. The lowest BCUT2D eigenvalue weighted by Crippen LogP contribution is -2.52. The van der Waals surface area contributed by atoms with Crippen LogP contribution in [-0.2, 0) is 0 Å². The number of nitrogens with zero attached hydrogens (tertiary/aromatic N) is 3. The molecule has 2 fully saturated rings. The second-order valence-electron chi connectivity index (χ2n) is 8.27. The van der Waals surface area contributed by atoms with Crippen molar-refractivity contribution in [3.8, 4) is 0 Å². The fourth-order valence-electron chi connectivity index (χ4n) is 4.10. The molecule has 0 aromatic heterocycles. The molecule has 26 heavy (non-hydrogen) atoms. The molecule has 2 N–H and O–H groups in total. The lowest BCUT2D eigenvalue weighted by molar-refractivity contribution is 0.120. The Balaban J connectivity index is 0.00000338. The topological polar surface area (TPSA) is 42.9 Å². The number of rotatable bonds is 7. The minimum atomic E-state index is 0. The highest BCUT2D eigenvalue weighted by Gasteiger charge is 2.19. The molecule has 154 valence electrons. The predicted octanol–water partition coefficient (Wildman–Crippen LogP) is 3.15. The van der Waals surface area contributed by atoms with Crippen LogP contribution in [0.1, 0.15) is 58.8 Å². The van der Waals surface area contributed by atoms with E-state index in [0.29, 0.717) is 12.1 Å². The Labute approximate surface area is 178 Å². The van der Waals surface area contributed by atoms with E-state index in [0.717, 1.165) is 18.4 Å². The smallest absolute Gasteiger partial charge is 0.191 e. The molecule has 2 rings (SSSR count). The van der Waals surface area contributed by atoms with Crippen LogP contribution < -0.4 is 10.6 Å². The van der Waals surface area contributed by atoms with E-state index in [9.17, 15) is 0 Å². The number of hydrogen-bond acceptors (Lipinski definition) is 3. The van der Waals surface area contributed by atoms with Crippen molar-refractivity contribution in [2.75, 3.05) is 46.8 Å². The van der Waals surface area contributed by atoms with Crippen molar-refractivity contribution in [3.05, 3.63) is 0 Å². The van der Waals surface area contributed by atoms with Crippen LogP contribution in [-0.4, -0.2) is 74.7 Å². The lowest BCUT2D eigenvalue weighted by Gasteiger charge is -2.36. The average molecular weight is 479 g/mol. The molecule has 1 saturated heterocycles. The van der Waals surface area contributed by atoms with Crippen molar-refractivity contribution < 1.29 is 0 Å². The Kier molecular flexibility index (Phi) is 12.1. The van der Waals surface area contributed by atoms with Crippen LogP contribution in [0.15, 0.2) is 4.99 Å². The van der Waals surface area contributed by atoms with Crippen molar-refractivity contribution in [1.82, 2.24) is 20.4 Å². The molecule has 1 aliphatic carbocycles.